The monoisotopic (exact) mass is 335 g/mol. The average Bonchev–Trinajstić information content (AvgIpc) is 2.34. The summed E-state index contributed by atoms with van der Waals surface area (Å²) in [5.41, 5.74) is 0.336. The number of carboxylic acid groups (broad SMARTS) is 1. The van der Waals surface area contributed by atoms with E-state index in [0.29, 0.717) is 5.56 Å². The van der Waals surface area contributed by atoms with Gasteiger partial charge in [-0.25, -0.2) is 25.9 Å². The van der Waals surface area contributed by atoms with Gasteiger partial charge >= 0.3 is 5.97 Å². The fourth-order valence-electron chi connectivity index (χ4n) is 1.55. The van der Waals surface area contributed by atoms with Crippen molar-refractivity contribution >= 4 is 25.8 Å². The molecule has 0 saturated heterocycles. The summed E-state index contributed by atoms with van der Waals surface area (Å²) in [6, 6.07) is 5.62. The number of sulfonamides is 1. The van der Waals surface area contributed by atoms with Gasteiger partial charge in [0.15, 0.2) is 0 Å². The zero-order valence-electron chi connectivity index (χ0n) is 11.7. The second-order valence-corrected chi connectivity index (χ2v) is 9.05. The van der Waals surface area contributed by atoms with Gasteiger partial charge in [-0.15, -0.1) is 0 Å². The number of carboxylic acids is 1. The van der Waals surface area contributed by atoms with Crippen LogP contribution in [0.1, 0.15) is 15.9 Å². The Hall–Kier alpha value is -1.45. The molecule has 0 saturated carbocycles. The SMILES string of the molecule is CN(CCS(C)(=O)=O)S(=O)(=O)Cc1cccc(C(=O)O)c1. The molecule has 0 bridgehead atoms. The number of nitrogens with zero attached hydrogens (tertiary/aromatic N) is 1. The molecule has 0 radical (unpaired) electrons. The third kappa shape index (κ3) is 5.82. The highest BCUT2D eigenvalue weighted by Gasteiger charge is 2.20. The van der Waals surface area contributed by atoms with Gasteiger partial charge < -0.3 is 5.11 Å². The van der Waals surface area contributed by atoms with Crippen molar-refractivity contribution in [3.63, 3.8) is 0 Å². The molecule has 0 aliphatic rings. The smallest absolute Gasteiger partial charge is 0.335 e. The molecular formula is C12H17NO6S2. The zero-order chi connectivity index (χ0) is 16.3. The normalized spacial score (nSPS) is 12.5. The highest BCUT2D eigenvalue weighted by Crippen LogP contribution is 2.12. The number of sulfone groups is 1. The van der Waals surface area contributed by atoms with Crippen LogP contribution in [0.25, 0.3) is 0 Å². The van der Waals surface area contributed by atoms with E-state index in [1.165, 1.54) is 31.3 Å². The van der Waals surface area contributed by atoms with Gasteiger partial charge in [-0.1, -0.05) is 12.1 Å². The second kappa shape index (κ2) is 6.54. The maximum Gasteiger partial charge on any atom is 0.335 e. The summed E-state index contributed by atoms with van der Waals surface area (Å²) in [7, 11) is -5.66. The number of carbonyl (C=O) groups is 1. The number of hydrogen-bond acceptors (Lipinski definition) is 5. The van der Waals surface area contributed by atoms with Crippen molar-refractivity contribution in [2.24, 2.45) is 0 Å². The van der Waals surface area contributed by atoms with Crippen LogP contribution < -0.4 is 0 Å². The molecule has 1 N–H and O–H groups in total. The molecule has 0 aliphatic heterocycles. The Labute approximate surface area is 124 Å². The van der Waals surface area contributed by atoms with E-state index in [0.717, 1.165) is 10.6 Å². The fraction of sp³-hybridized carbons (Fsp3) is 0.417. The molecule has 1 rings (SSSR count). The minimum Gasteiger partial charge on any atom is -0.478 e. The first kappa shape index (κ1) is 17.6. The molecule has 7 nitrogen and oxygen atoms in total. The van der Waals surface area contributed by atoms with Crippen LogP contribution in [0.3, 0.4) is 0 Å². The Balaban J connectivity index is 2.85. The Morgan fingerprint density at radius 2 is 1.86 bits per heavy atom. The summed E-state index contributed by atoms with van der Waals surface area (Å²) in [4.78, 5) is 10.8. The molecule has 0 heterocycles. The first-order valence-corrected chi connectivity index (χ1v) is 9.62. The molecule has 0 fully saturated rings. The number of aromatic carboxylic acids is 1. The van der Waals surface area contributed by atoms with Crippen molar-refractivity contribution in [3.05, 3.63) is 35.4 Å². The molecular weight excluding hydrogens is 318 g/mol. The molecule has 21 heavy (non-hydrogen) atoms. The number of hydrogen-bond donors (Lipinski definition) is 1. The molecule has 1 aromatic carbocycles. The van der Waals surface area contributed by atoms with Crippen LogP contribution >= 0.6 is 0 Å². The minimum atomic E-state index is -3.70. The van der Waals surface area contributed by atoms with E-state index in [2.05, 4.69) is 0 Å². The van der Waals surface area contributed by atoms with Crippen molar-refractivity contribution in [1.29, 1.82) is 0 Å². The van der Waals surface area contributed by atoms with Crippen LogP contribution in [-0.2, 0) is 25.6 Å². The molecule has 118 valence electrons. The van der Waals surface area contributed by atoms with Crippen molar-refractivity contribution in [3.8, 4) is 0 Å². The Kier molecular flexibility index (Phi) is 5.48. The highest BCUT2D eigenvalue weighted by molar-refractivity contribution is 7.90. The molecule has 0 atom stereocenters. The van der Waals surface area contributed by atoms with Crippen LogP contribution in [0, 0.1) is 0 Å². The van der Waals surface area contributed by atoms with Crippen molar-refractivity contribution in [2.45, 2.75) is 5.75 Å². The van der Waals surface area contributed by atoms with Crippen molar-refractivity contribution in [2.75, 3.05) is 25.6 Å². The van der Waals surface area contributed by atoms with E-state index in [9.17, 15) is 21.6 Å². The summed E-state index contributed by atoms with van der Waals surface area (Å²) in [5, 5.41) is 8.86. The number of rotatable bonds is 7. The molecule has 9 heteroatoms. The molecule has 1 aromatic rings. The first-order chi connectivity index (χ1) is 9.51. The summed E-state index contributed by atoms with van der Waals surface area (Å²) >= 11 is 0. The van der Waals surface area contributed by atoms with Crippen LogP contribution in [-0.4, -0.2) is 57.8 Å². The van der Waals surface area contributed by atoms with Crippen molar-refractivity contribution in [1.82, 2.24) is 4.31 Å². The van der Waals surface area contributed by atoms with E-state index in [-0.39, 0.29) is 23.6 Å². The highest BCUT2D eigenvalue weighted by atomic mass is 32.2. The third-order valence-electron chi connectivity index (χ3n) is 2.77. The summed E-state index contributed by atoms with van der Waals surface area (Å²) < 4.78 is 47.2. The van der Waals surface area contributed by atoms with Crippen LogP contribution in [0.4, 0.5) is 0 Å². The van der Waals surface area contributed by atoms with Gasteiger partial charge in [0.25, 0.3) is 0 Å². The lowest BCUT2D eigenvalue weighted by Gasteiger charge is -2.16. The maximum absolute atomic E-state index is 12.1. The molecule has 0 aromatic heterocycles. The summed E-state index contributed by atoms with van der Waals surface area (Å²) in [5.74, 6) is -1.79. The van der Waals surface area contributed by atoms with Crippen molar-refractivity contribution < 1.29 is 26.7 Å². The molecule has 0 unspecified atom stereocenters. The van der Waals surface area contributed by atoms with Gasteiger partial charge in [-0.2, -0.15) is 0 Å². The van der Waals surface area contributed by atoms with Gasteiger partial charge in [-0.05, 0) is 17.7 Å². The maximum atomic E-state index is 12.1. The summed E-state index contributed by atoms with van der Waals surface area (Å²) in [6.07, 6.45) is 1.03. The predicted octanol–water partition coefficient (Wildman–Crippen LogP) is 0.191. The summed E-state index contributed by atoms with van der Waals surface area (Å²) in [6.45, 7) is -0.139. The minimum absolute atomic E-state index is 0.00138. The predicted molar refractivity (Wildman–Crippen MR) is 78.4 cm³/mol. The third-order valence-corrected chi connectivity index (χ3v) is 5.53. The Morgan fingerprint density at radius 1 is 1.24 bits per heavy atom. The lowest BCUT2D eigenvalue weighted by atomic mass is 10.1. The average molecular weight is 335 g/mol. The second-order valence-electron chi connectivity index (χ2n) is 4.71. The first-order valence-electron chi connectivity index (χ1n) is 5.95. The van der Waals surface area contributed by atoms with E-state index in [1.54, 1.807) is 0 Å². The topological polar surface area (TPSA) is 109 Å². The van der Waals surface area contributed by atoms with Crippen LogP contribution in [0.5, 0.6) is 0 Å². The Bertz CT molecular complexity index is 724. The standard InChI is InChI=1S/C12H17NO6S2/c1-13(6-7-20(2,16)17)21(18,19)9-10-4-3-5-11(8-10)12(14)15/h3-5,8H,6-7,9H2,1-2H3,(H,14,15). The van der Waals surface area contributed by atoms with Gasteiger partial charge in [0.1, 0.15) is 9.84 Å². The quantitative estimate of drug-likeness (QED) is 0.762. The largest absolute Gasteiger partial charge is 0.478 e. The van der Waals surface area contributed by atoms with Crippen LogP contribution in [0.15, 0.2) is 24.3 Å². The molecule has 0 amide bonds. The van der Waals surface area contributed by atoms with Gasteiger partial charge in [0.2, 0.25) is 10.0 Å². The fourth-order valence-corrected chi connectivity index (χ4v) is 3.46. The lowest BCUT2D eigenvalue weighted by molar-refractivity contribution is 0.0696. The number of benzene rings is 1. The van der Waals surface area contributed by atoms with Gasteiger partial charge in [-0.3, -0.25) is 0 Å². The van der Waals surface area contributed by atoms with E-state index < -0.39 is 25.8 Å². The van der Waals surface area contributed by atoms with E-state index in [1.807, 2.05) is 0 Å². The molecule has 0 aliphatic carbocycles. The van der Waals surface area contributed by atoms with E-state index >= 15 is 0 Å². The zero-order valence-corrected chi connectivity index (χ0v) is 13.3. The Morgan fingerprint density at radius 3 is 2.38 bits per heavy atom. The molecule has 0 spiro atoms. The van der Waals surface area contributed by atoms with Gasteiger partial charge in [0, 0.05) is 19.8 Å². The van der Waals surface area contributed by atoms with Gasteiger partial charge in [0.05, 0.1) is 17.1 Å². The lowest BCUT2D eigenvalue weighted by Crippen LogP contribution is -2.32. The van der Waals surface area contributed by atoms with E-state index in [4.69, 9.17) is 5.11 Å². The van der Waals surface area contributed by atoms with Crippen LogP contribution in [0.2, 0.25) is 0 Å².